The lowest BCUT2D eigenvalue weighted by molar-refractivity contribution is 0.237. The lowest BCUT2D eigenvalue weighted by atomic mass is 9.83. The minimum Gasteiger partial charge on any atom is -0.310 e. The van der Waals surface area contributed by atoms with Crippen LogP contribution in [0.15, 0.2) is 11.6 Å². The molecule has 0 saturated carbocycles. The zero-order valence-electron chi connectivity index (χ0n) is 15.2. The topological polar surface area (TPSA) is 12.0 Å². The maximum absolute atomic E-state index is 3.93. The molecule has 0 bridgehead atoms. The molecule has 1 N–H and O–H groups in total. The van der Waals surface area contributed by atoms with Crippen LogP contribution in [-0.2, 0) is 0 Å². The highest BCUT2D eigenvalue weighted by atomic mass is 15.0. The first-order valence-corrected chi connectivity index (χ1v) is 8.76. The van der Waals surface area contributed by atoms with E-state index in [1.54, 1.807) is 5.57 Å². The molecule has 0 aromatic rings. The Bertz CT molecular complexity index is 259. The summed E-state index contributed by atoms with van der Waals surface area (Å²) in [4.78, 5) is 0. The Hall–Kier alpha value is -0.300. The Balaban J connectivity index is 4.60. The van der Waals surface area contributed by atoms with Crippen molar-refractivity contribution in [2.45, 2.75) is 105 Å². The van der Waals surface area contributed by atoms with E-state index < -0.39 is 0 Å². The fourth-order valence-corrected chi connectivity index (χ4v) is 2.63. The maximum Gasteiger partial charge on any atom is 0.0153 e. The van der Waals surface area contributed by atoms with Crippen LogP contribution < -0.4 is 5.32 Å². The molecule has 1 nitrogen and oxygen atoms in total. The SMILES string of the molecule is CCCCC(CC)N[C@H](C/C=C(\C)CCC)C(C)(C)C. The van der Waals surface area contributed by atoms with Crippen molar-refractivity contribution >= 4 is 0 Å². The fraction of sp³-hybridized carbons (Fsp3) is 0.895. The summed E-state index contributed by atoms with van der Waals surface area (Å²) in [5.74, 6) is 0. The fourth-order valence-electron chi connectivity index (χ4n) is 2.63. The van der Waals surface area contributed by atoms with Gasteiger partial charge in [-0.3, -0.25) is 0 Å². The van der Waals surface area contributed by atoms with Crippen molar-refractivity contribution in [1.29, 1.82) is 0 Å². The molecular weight excluding hydrogens is 242 g/mol. The van der Waals surface area contributed by atoms with Crippen LogP contribution in [0.3, 0.4) is 0 Å². The lowest BCUT2D eigenvalue weighted by Crippen LogP contribution is -2.45. The molecule has 0 aliphatic heterocycles. The number of hydrogen-bond donors (Lipinski definition) is 1. The van der Waals surface area contributed by atoms with Crippen LogP contribution in [-0.4, -0.2) is 12.1 Å². The predicted octanol–water partition coefficient (Wildman–Crippen LogP) is 6.10. The van der Waals surface area contributed by atoms with Crippen molar-refractivity contribution in [3.63, 3.8) is 0 Å². The van der Waals surface area contributed by atoms with Crippen molar-refractivity contribution in [2.75, 3.05) is 0 Å². The van der Waals surface area contributed by atoms with Gasteiger partial charge in [0.1, 0.15) is 0 Å². The van der Waals surface area contributed by atoms with Gasteiger partial charge in [-0.2, -0.15) is 0 Å². The van der Waals surface area contributed by atoms with E-state index in [-0.39, 0.29) is 0 Å². The first-order chi connectivity index (χ1) is 9.35. The minimum atomic E-state index is 0.322. The largest absolute Gasteiger partial charge is 0.310 e. The van der Waals surface area contributed by atoms with E-state index in [1.165, 1.54) is 38.5 Å². The van der Waals surface area contributed by atoms with Crippen LogP contribution in [0.25, 0.3) is 0 Å². The van der Waals surface area contributed by atoms with Gasteiger partial charge < -0.3 is 5.32 Å². The minimum absolute atomic E-state index is 0.322. The summed E-state index contributed by atoms with van der Waals surface area (Å²) >= 11 is 0. The molecule has 1 heteroatoms. The van der Waals surface area contributed by atoms with Crippen LogP contribution in [0, 0.1) is 5.41 Å². The molecule has 0 aliphatic carbocycles. The van der Waals surface area contributed by atoms with Gasteiger partial charge in [0.05, 0.1) is 0 Å². The molecule has 20 heavy (non-hydrogen) atoms. The molecule has 0 heterocycles. The van der Waals surface area contributed by atoms with E-state index in [1.807, 2.05) is 0 Å². The molecule has 0 saturated heterocycles. The van der Waals surface area contributed by atoms with Gasteiger partial charge in [0.15, 0.2) is 0 Å². The highest BCUT2D eigenvalue weighted by molar-refractivity contribution is 5.01. The third kappa shape index (κ3) is 8.79. The van der Waals surface area contributed by atoms with Gasteiger partial charge in [0, 0.05) is 12.1 Å². The number of hydrogen-bond acceptors (Lipinski definition) is 1. The molecule has 0 aliphatic rings. The molecule has 0 amide bonds. The van der Waals surface area contributed by atoms with Crippen molar-refractivity contribution in [2.24, 2.45) is 5.41 Å². The number of rotatable bonds is 10. The first kappa shape index (κ1) is 19.7. The highest BCUT2D eigenvalue weighted by Crippen LogP contribution is 2.24. The zero-order valence-corrected chi connectivity index (χ0v) is 15.2. The molecule has 120 valence electrons. The average molecular weight is 282 g/mol. The second-order valence-corrected chi connectivity index (χ2v) is 7.37. The Labute approximate surface area is 128 Å². The van der Waals surface area contributed by atoms with Crippen molar-refractivity contribution in [1.82, 2.24) is 5.32 Å². The normalized spacial score (nSPS) is 16.2. The second kappa shape index (κ2) is 10.4. The molecule has 0 aromatic heterocycles. The summed E-state index contributed by atoms with van der Waals surface area (Å²) < 4.78 is 0. The molecule has 1 unspecified atom stereocenters. The van der Waals surface area contributed by atoms with Gasteiger partial charge in [-0.15, -0.1) is 0 Å². The molecule has 0 rings (SSSR count). The zero-order chi connectivity index (χ0) is 15.6. The van der Waals surface area contributed by atoms with E-state index in [2.05, 4.69) is 59.9 Å². The van der Waals surface area contributed by atoms with Crippen LogP contribution in [0.2, 0.25) is 0 Å². The van der Waals surface area contributed by atoms with Crippen LogP contribution in [0.5, 0.6) is 0 Å². The quantitative estimate of drug-likeness (QED) is 0.477. The van der Waals surface area contributed by atoms with Gasteiger partial charge in [-0.05, 0) is 38.0 Å². The van der Waals surface area contributed by atoms with E-state index >= 15 is 0 Å². The summed E-state index contributed by atoms with van der Waals surface area (Å²) in [5.41, 5.74) is 1.87. The molecule has 0 fully saturated rings. The summed E-state index contributed by atoms with van der Waals surface area (Å²) in [6.45, 7) is 16.2. The molecular formula is C19H39N. The second-order valence-electron chi connectivity index (χ2n) is 7.37. The van der Waals surface area contributed by atoms with Gasteiger partial charge in [-0.25, -0.2) is 0 Å². The predicted molar refractivity (Wildman–Crippen MR) is 93.3 cm³/mol. The van der Waals surface area contributed by atoms with Crippen LogP contribution in [0.1, 0.15) is 93.4 Å². The van der Waals surface area contributed by atoms with E-state index in [4.69, 9.17) is 0 Å². The van der Waals surface area contributed by atoms with E-state index in [9.17, 15) is 0 Å². The summed E-state index contributed by atoms with van der Waals surface area (Å²) in [6, 6.07) is 1.26. The molecule has 2 atom stereocenters. The molecule has 0 spiro atoms. The third-order valence-electron chi connectivity index (χ3n) is 4.23. The smallest absolute Gasteiger partial charge is 0.0153 e. The van der Waals surface area contributed by atoms with Gasteiger partial charge in [0.2, 0.25) is 0 Å². The van der Waals surface area contributed by atoms with E-state index in [0.717, 1.165) is 6.42 Å². The van der Waals surface area contributed by atoms with Gasteiger partial charge in [0.25, 0.3) is 0 Å². The monoisotopic (exact) mass is 281 g/mol. The Kier molecular flexibility index (Phi) is 10.3. The third-order valence-corrected chi connectivity index (χ3v) is 4.23. The lowest BCUT2D eigenvalue weighted by Gasteiger charge is -2.34. The van der Waals surface area contributed by atoms with E-state index in [0.29, 0.717) is 17.5 Å². The molecule has 0 aromatic carbocycles. The van der Waals surface area contributed by atoms with Crippen molar-refractivity contribution in [3.05, 3.63) is 11.6 Å². The highest BCUT2D eigenvalue weighted by Gasteiger charge is 2.25. The summed E-state index contributed by atoms with van der Waals surface area (Å²) in [5, 5.41) is 3.93. The first-order valence-electron chi connectivity index (χ1n) is 8.76. The van der Waals surface area contributed by atoms with Crippen molar-refractivity contribution in [3.8, 4) is 0 Å². The summed E-state index contributed by atoms with van der Waals surface area (Å²) in [6.07, 6.45) is 11.3. The number of allylic oxidation sites excluding steroid dienone is 1. The average Bonchev–Trinajstić information content (AvgIpc) is 2.37. The Morgan fingerprint density at radius 2 is 1.75 bits per heavy atom. The van der Waals surface area contributed by atoms with Gasteiger partial charge in [-0.1, -0.05) is 72.5 Å². The van der Waals surface area contributed by atoms with Crippen LogP contribution >= 0.6 is 0 Å². The number of unbranched alkanes of at least 4 members (excludes halogenated alkanes) is 1. The van der Waals surface area contributed by atoms with Crippen LogP contribution in [0.4, 0.5) is 0 Å². The Morgan fingerprint density at radius 1 is 1.10 bits per heavy atom. The van der Waals surface area contributed by atoms with Crippen molar-refractivity contribution < 1.29 is 0 Å². The number of nitrogens with one attached hydrogen (secondary N) is 1. The maximum atomic E-state index is 3.93. The standard InChI is InChI=1S/C19H39N/c1-8-11-13-17(10-3)20-18(19(5,6)7)15-14-16(4)12-9-2/h14,17-18,20H,8-13,15H2,1-7H3/b16-14+/t17?,18-/m1/s1. The molecule has 0 radical (unpaired) electrons. The summed E-state index contributed by atoms with van der Waals surface area (Å²) in [7, 11) is 0. The van der Waals surface area contributed by atoms with Gasteiger partial charge >= 0.3 is 0 Å². The Morgan fingerprint density at radius 3 is 2.20 bits per heavy atom.